The van der Waals surface area contributed by atoms with Gasteiger partial charge in [-0.25, -0.2) is 14.8 Å². The SMILES string of the molecule is O=C(N/N=C\c1c[nH]cn1)c1[nH]c2c(F)cccc2c1-c1ccccc1. The number of halogens is 1. The molecule has 0 fully saturated rings. The van der Waals surface area contributed by atoms with Gasteiger partial charge in [-0.15, -0.1) is 0 Å². The number of H-pyrrole nitrogens is 2. The van der Waals surface area contributed by atoms with Crippen LogP contribution in [0.25, 0.3) is 22.0 Å². The van der Waals surface area contributed by atoms with Crippen molar-refractivity contribution in [1.29, 1.82) is 0 Å². The van der Waals surface area contributed by atoms with Gasteiger partial charge in [0.15, 0.2) is 0 Å². The number of para-hydroxylation sites is 1. The Kier molecular flexibility index (Phi) is 4.03. The fourth-order valence-corrected chi connectivity index (χ4v) is 2.81. The van der Waals surface area contributed by atoms with E-state index in [4.69, 9.17) is 0 Å². The van der Waals surface area contributed by atoms with E-state index in [1.54, 1.807) is 18.3 Å². The van der Waals surface area contributed by atoms with Crippen molar-refractivity contribution in [1.82, 2.24) is 20.4 Å². The number of benzene rings is 2. The van der Waals surface area contributed by atoms with Crippen LogP contribution in [0, 0.1) is 5.82 Å². The van der Waals surface area contributed by atoms with E-state index in [0.717, 1.165) is 5.56 Å². The van der Waals surface area contributed by atoms with Crippen LogP contribution >= 0.6 is 0 Å². The van der Waals surface area contributed by atoms with Crippen molar-refractivity contribution >= 4 is 23.0 Å². The van der Waals surface area contributed by atoms with Gasteiger partial charge in [0.2, 0.25) is 0 Å². The molecule has 0 spiro atoms. The van der Waals surface area contributed by atoms with E-state index in [9.17, 15) is 9.18 Å². The fraction of sp³-hybridized carbons (Fsp3) is 0. The average Bonchev–Trinajstić information content (AvgIpc) is 3.30. The van der Waals surface area contributed by atoms with Crippen molar-refractivity contribution in [3.63, 3.8) is 0 Å². The molecule has 128 valence electrons. The molecule has 7 heteroatoms. The first-order valence-corrected chi connectivity index (χ1v) is 7.92. The molecule has 0 unspecified atom stereocenters. The van der Waals surface area contributed by atoms with Crippen LogP contribution in [0.3, 0.4) is 0 Å². The van der Waals surface area contributed by atoms with Gasteiger partial charge in [0, 0.05) is 17.1 Å². The summed E-state index contributed by atoms with van der Waals surface area (Å²) in [5.74, 6) is -0.884. The fourth-order valence-electron chi connectivity index (χ4n) is 2.81. The summed E-state index contributed by atoms with van der Waals surface area (Å²) >= 11 is 0. The van der Waals surface area contributed by atoms with Crippen molar-refractivity contribution in [3.05, 3.63) is 78.3 Å². The smallest absolute Gasteiger partial charge is 0.288 e. The summed E-state index contributed by atoms with van der Waals surface area (Å²) in [6.45, 7) is 0. The number of nitrogens with zero attached hydrogens (tertiary/aromatic N) is 2. The van der Waals surface area contributed by atoms with Crippen LogP contribution in [0.5, 0.6) is 0 Å². The lowest BCUT2D eigenvalue weighted by Gasteiger charge is -2.04. The molecule has 0 bridgehead atoms. The number of fused-ring (bicyclic) bond motifs is 1. The predicted octanol–water partition coefficient (Wildman–Crippen LogP) is 3.46. The Bertz CT molecular complexity index is 1080. The van der Waals surface area contributed by atoms with Crippen molar-refractivity contribution in [2.75, 3.05) is 0 Å². The van der Waals surface area contributed by atoms with Crippen LogP contribution in [0.1, 0.15) is 16.2 Å². The van der Waals surface area contributed by atoms with Gasteiger partial charge in [-0.2, -0.15) is 5.10 Å². The molecule has 26 heavy (non-hydrogen) atoms. The maximum absolute atomic E-state index is 14.2. The topological polar surface area (TPSA) is 85.9 Å². The molecule has 6 nitrogen and oxygen atoms in total. The van der Waals surface area contributed by atoms with E-state index in [1.807, 2.05) is 30.3 Å². The van der Waals surface area contributed by atoms with E-state index in [1.165, 1.54) is 18.6 Å². The van der Waals surface area contributed by atoms with Crippen molar-refractivity contribution < 1.29 is 9.18 Å². The minimum atomic E-state index is -0.466. The molecule has 0 saturated carbocycles. The second kappa shape index (κ2) is 6.64. The quantitative estimate of drug-likeness (QED) is 0.390. The lowest BCUT2D eigenvalue weighted by molar-refractivity contribution is 0.0951. The van der Waals surface area contributed by atoms with Crippen molar-refractivity contribution in [2.45, 2.75) is 0 Å². The maximum Gasteiger partial charge on any atom is 0.288 e. The number of hydrogen-bond donors (Lipinski definition) is 3. The monoisotopic (exact) mass is 347 g/mol. The minimum Gasteiger partial charge on any atom is -0.351 e. The Labute approximate surface area is 147 Å². The van der Waals surface area contributed by atoms with Gasteiger partial charge in [0.1, 0.15) is 17.2 Å². The normalized spacial score (nSPS) is 11.3. The summed E-state index contributed by atoms with van der Waals surface area (Å²) in [6.07, 6.45) is 4.57. The van der Waals surface area contributed by atoms with Gasteiger partial charge >= 0.3 is 0 Å². The minimum absolute atomic E-state index is 0.246. The molecular formula is C19H14FN5O. The number of amides is 1. The molecule has 1 amide bonds. The predicted molar refractivity (Wildman–Crippen MR) is 97.3 cm³/mol. The molecule has 4 aromatic rings. The first-order valence-electron chi connectivity index (χ1n) is 7.92. The highest BCUT2D eigenvalue weighted by molar-refractivity contribution is 6.09. The van der Waals surface area contributed by atoms with Gasteiger partial charge in [0.05, 0.1) is 18.1 Å². The Morgan fingerprint density at radius 1 is 1.15 bits per heavy atom. The molecule has 2 heterocycles. The number of aromatic nitrogens is 3. The van der Waals surface area contributed by atoms with Gasteiger partial charge in [-0.05, 0) is 11.6 Å². The number of hydrogen-bond acceptors (Lipinski definition) is 3. The van der Waals surface area contributed by atoms with Gasteiger partial charge < -0.3 is 9.97 Å². The number of hydrazone groups is 1. The number of aromatic amines is 2. The molecule has 0 aliphatic carbocycles. The number of nitrogens with one attached hydrogen (secondary N) is 3. The number of rotatable bonds is 4. The zero-order valence-corrected chi connectivity index (χ0v) is 13.5. The highest BCUT2D eigenvalue weighted by Crippen LogP contribution is 2.33. The standard InChI is InChI=1S/C19H14FN5O/c20-15-8-4-7-14-16(12-5-2-1-3-6-12)18(24-17(14)15)19(26)25-23-10-13-9-21-11-22-13/h1-11,24H,(H,21,22)(H,25,26)/b23-10-. The Balaban J connectivity index is 1.76. The van der Waals surface area contributed by atoms with E-state index in [2.05, 4.69) is 25.5 Å². The van der Waals surface area contributed by atoms with E-state index < -0.39 is 11.7 Å². The van der Waals surface area contributed by atoms with E-state index in [0.29, 0.717) is 16.6 Å². The van der Waals surface area contributed by atoms with Crippen LogP contribution in [0.2, 0.25) is 0 Å². The molecule has 0 atom stereocenters. The van der Waals surface area contributed by atoms with Crippen molar-refractivity contribution in [2.24, 2.45) is 5.10 Å². The first kappa shape index (κ1) is 15.8. The first-order chi connectivity index (χ1) is 12.7. The molecule has 0 saturated heterocycles. The second-order valence-electron chi connectivity index (χ2n) is 5.60. The molecule has 2 aromatic heterocycles. The summed E-state index contributed by atoms with van der Waals surface area (Å²) < 4.78 is 14.2. The molecule has 0 aliphatic rings. The summed E-state index contributed by atoms with van der Waals surface area (Å²) in [7, 11) is 0. The van der Waals surface area contributed by atoms with Crippen LogP contribution in [-0.4, -0.2) is 27.1 Å². The van der Waals surface area contributed by atoms with Gasteiger partial charge in [-0.3, -0.25) is 4.79 Å². The number of imidazole rings is 1. The Hall–Kier alpha value is -3.74. The summed E-state index contributed by atoms with van der Waals surface area (Å²) in [5, 5.41) is 4.53. The third-order valence-corrected chi connectivity index (χ3v) is 3.95. The summed E-state index contributed by atoms with van der Waals surface area (Å²) in [6, 6.07) is 14.1. The van der Waals surface area contributed by atoms with Gasteiger partial charge in [-0.1, -0.05) is 42.5 Å². The molecule has 0 radical (unpaired) electrons. The average molecular weight is 347 g/mol. The third kappa shape index (κ3) is 2.86. The molecule has 4 rings (SSSR count). The highest BCUT2D eigenvalue weighted by atomic mass is 19.1. The largest absolute Gasteiger partial charge is 0.351 e. The molecule has 3 N–H and O–H groups in total. The lowest BCUT2D eigenvalue weighted by Crippen LogP contribution is -2.18. The summed E-state index contributed by atoms with van der Waals surface area (Å²) in [5.41, 5.74) is 5.00. The van der Waals surface area contributed by atoms with Crippen LogP contribution in [-0.2, 0) is 0 Å². The maximum atomic E-state index is 14.2. The van der Waals surface area contributed by atoms with E-state index >= 15 is 0 Å². The van der Waals surface area contributed by atoms with Gasteiger partial charge in [0.25, 0.3) is 5.91 Å². The number of carbonyl (C=O) groups excluding carboxylic acids is 1. The Morgan fingerprint density at radius 2 is 2.00 bits per heavy atom. The third-order valence-electron chi connectivity index (χ3n) is 3.95. The zero-order valence-electron chi connectivity index (χ0n) is 13.5. The van der Waals surface area contributed by atoms with Crippen molar-refractivity contribution in [3.8, 4) is 11.1 Å². The second-order valence-corrected chi connectivity index (χ2v) is 5.60. The lowest BCUT2D eigenvalue weighted by atomic mass is 10.0. The summed E-state index contributed by atoms with van der Waals surface area (Å²) in [4.78, 5) is 22.3. The molecule has 0 aliphatic heterocycles. The number of carbonyl (C=O) groups is 1. The zero-order chi connectivity index (χ0) is 17.9. The molecular weight excluding hydrogens is 333 g/mol. The Morgan fingerprint density at radius 3 is 2.77 bits per heavy atom. The molecule has 2 aromatic carbocycles. The van der Waals surface area contributed by atoms with Crippen LogP contribution in [0.4, 0.5) is 4.39 Å². The van der Waals surface area contributed by atoms with Crippen LogP contribution in [0.15, 0.2) is 66.2 Å². The van der Waals surface area contributed by atoms with E-state index in [-0.39, 0.29) is 11.2 Å². The highest BCUT2D eigenvalue weighted by Gasteiger charge is 2.20. The van der Waals surface area contributed by atoms with Crippen LogP contribution < -0.4 is 5.43 Å².